The fourth-order valence-electron chi connectivity index (χ4n) is 2.58. The summed E-state index contributed by atoms with van der Waals surface area (Å²) in [6.45, 7) is 8.52. The summed E-state index contributed by atoms with van der Waals surface area (Å²) in [4.78, 5) is 2.20. The third kappa shape index (κ3) is 5.29. The zero-order valence-corrected chi connectivity index (χ0v) is 13.2. The summed E-state index contributed by atoms with van der Waals surface area (Å²) in [5.41, 5.74) is 0.0420. The van der Waals surface area contributed by atoms with E-state index in [0.29, 0.717) is 13.1 Å². The van der Waals surface area contributed by atoms with Crippen LogP contribution in [0, 0.1) is 5.41 Å². The van der Waals surface area contributed by atoms with E-state index in [1.54, 1.807) is 0 Å². The molecule has 2 heterocycles. The van der Waals surface area contributed by atoms with E-state index in [-0.39, 0.29) is 11.2 Å². The molecule has 0 spiro atoms. The molecule has 0 aromatic carbocycles. The van der Waals surface area contributed by atoms with Crippen molar-refractivity contribution in [3.63, 3.8) is 0 Å². The van der Waals surface area contributed by atoms with Crippen LogP contribution in [0.3, 0.4) is 0 Å². The predicted octanol–water partition coefficient (Wildman–Crippen LogP) is -0.372. The van der Waals surface area contributed by atoms with Crippen LogP contribution in [0.2, 0.25) is 0 Å². The van der Waals surface area contributed by atoms with Gasteiger partial charge < -0.3 is 10.1 Å². The Kier molecular flexibility index (Phi) is 5.80. The van der Waals surface area contributed by atoms with Crippen LogP contribution in [-0.2, 0) is 14.8 Å². The Morgan fingerprint density at radius 2 is 1.90 bits per heavy atom. The number of hydrogen-bond acceptors (Lipinski definition) is 5. The van der Waals surface area contributed by atoms with Crippen LogP contribution in [0.1, 0.15) is 19.8 Å². The summed E-state index contributed by atoms with van der Waals surface area (Å²) in [6.07, 6.45) is 1.85. The first kappa shape index (κ1) is 16.2. The Morgan fingerprint density at radius 3 is 2.55 bits per heavy atom. The number of nitrogens with zero attached hydrogens (tertiary/aromatic N) is 1. The summed E-state index contributed by atoms with van der Waals surface area (Å²) in [6, 6.07) is 0. The maximum atomic E-state index is 12.1. The van der Waals surface area contributed by atoms with E-state index in [2.05, 4.69) is 21.9 Å². The van der Waals surface area contributed by atoms with Crippen LogP contribution in [0.5, 0.6) is 0 Å². The zero-order chi connectivity index (χ0) is 14.5. The number of sulfonamides is 1. The zero-order valence-electron chi connectivity index (χ0n) is 12.4. The van der Waals surface area contributed by atoms with Gasteiger partial charge in [-0.15, -0.1) is 0 Å². The van der Waals surface area contributed by atoms with Gasteiger partial charge in [-0.2, -0.15) is 0 Å². The Balaban J connectivity index is 1.72. The first-order valence-electron chi connectivity index (χ1n) is 7.47. The van der Waals surface area contributed by atoms with Gasteiger partial charge in [0.2, 0.25) is 10.0 Å². The van der Waals surface area contributed by atoms with Crippen molar-refractivity contribution < 1.29 is 13.2 Å². The molecule has 0 atom stereocenters. The molecule has 0 amide bonds. The fourth-order valence-corrected chi connectivity index (χ4v) is 3.79. The van der Waals surface area contributed by atoms with Crippen molar-refractivity contribution in [1.29, 1.82) is 0 Å². The van der Waals surface area contributed by atoms with Gasteiger partial charge in [0.25, 0.3) is 0 Å². The molecule has 2 rings (SSSR count). The molecule has 7 heteroatoms. The standard InChI is InChI=1S/C13H27N3O3S/c1-13(2-9-19-10-3-13)12-15-20(17,18)11-8-16-6-4-14-5-7-16/h14-15H,2-12H2,1H3. The van der Waals surface area contributed by atoms with Crippen molar-refractivity contribution in [2.24, 2.45) is 5.41 Å². The topological polar surface area (TPSA) is 70.7 Å². The SMILES string of the molecule is CC1(CNS(=O)(=O)CCN2CCNCC2)CCOCC1. The largest absolute Gasteiger partial charge is 0.381 e. The second-order valence-electron chi connectivity index (χ2n) is 6.15. The molecular weight excluding hydrogens is 278 g/mol. The summed E-state index contributed by atoms with van der Waals surface area (Å²) in [7, 11) is -3.17. The first-order chi connectivity index (χ1) is 9.49. The van der Waals surface area contributed by atoms with Crippen LogP contribution < -0.4 is 10.0 Å². The summed E-state index contributed by atoms with van der Waals surface area (Å²) >= 11 is 0. The van der Waals surface area contributed by atoms with Gasteiger partial charge in [-0.05, 0) is 18.3 Å². The molecule has 118 valence electrons. The molecule has 0 bridgehead atoms. The third-order valence-corrected chi connectivity index (χ3v) is 5.61. The van der Waals surface area contributed by atoms with Crippen molar-refractivity contribution in [3.05, 3.63) is 0 Å². The molecule has 2 fully saturated rings. The number of hydrogen-bond donors (Lipinski definition) is 2. The smallest absolute Gasteiger partial charge is 0.212 e. The lowest BCUT2D eigenvalue weighted by atomic mass is 9.83. The van der Waals surface area contributed by atoms with E-state index < -0.39 is 10.0 Å². The van der Waals surface area contributed by atoms with Crippen LogP contribution in [0.25, 0.3) is 0 Å². The average Bonchev–Trinajstić information content (AvgIpc) is 2.46. The highest BCUT2D eigenvalue weighted by Gasteiger charge is 2.29. The Hall–Kier alpha value is -0.210. The summed E-state index contributed by atoms with van der Waals surface area (Å²) in [5.74, 6) is 0.194. The van der Waals surface area contributed by atoms with E-state index >= 15 is 0 Å². The molecule has 0 aliphatic carbocycles. The lowest BCUT2D eigenvalue weighted by molar-refractivity contribution is 0.0264. The highest BCUT2D eigenvalue weighted by Crippen LogP contribution is 2.28. The minimum Gasteiger partial charge on any atom is -0.381 e. The van der Waals surface area contributed by atoms with E-state index in [4.69, 9.17) is 4.74 Å². The lowest BCUT2D eigenvalue weighted by Crippen LogP contribution is -2.46. The third-order valence-electron chi connectivity index (χ3n) is 4.30. The van der Waals surface area contributed by atoms with Crippen LogP contribution in [0.4, 0.5) is 0 Å². The molecule has 0 saturated carbocycles. The quantitative estimate of drug-likeness (QED) is 0.700. The normalized spacial score (nSPS) is 24.6. The molecule has 2 aliphatic rings. The van der Waals surface area contributed by atoms with Gasteiger partial charge in [0.1, 0.15) is 0 Å². The van der Waals surface area contributed by atoms with Gasteiger partial charge in [-0.25, -0.2) is 13.1 Å². The number of ether oxygens (including phenoxy) is 1. The van der Waals surface area contributed by atoms with Crippen molar-refractivity contribution in [2.45, 2.75) is 19.8 Å². The van der Waals surface area contributed by atoms with Crippen molar-refractivity contribution >= 4 is 10.0 Å². The monoisotopic (exact) mass is 305 g/mol. The van der Waals surface area contributed by atoms with E-state index in [0.717, 1.165) is 52.2 Å². The van der Waals surface area contributed by atoms with Gasteiger partial charge in [0, 0.05) is 52.5 Å². The van der Waals surface area contributed by atoms with Gasteiger partial charge in [0.15, 0.2) is 0 Å². The molecule has 2 aliphatic heterocycles. The van der Waals surface area contributed by atoms with Crippen molar-refractivity contribution in [3.8, 4) is 0 Å². The van der Waals surface area contributed by atoms with E-state index in [1.807, 2.05) is 0 Å². The van der Waals surface area contributed by atoms with Crippen molar-refractivity contribution in [2.75, 3.05) is 58.2 Å². The molecular formula is C13H27N3O3S. The molecule has 6 nitrogen and oxygen atoms in total. The lowest BCUT2D eigenvalue weighted by Gasteiger charge is -2.33. The number of rotatable bonds is 6. The molecule has 0 aromatic rings. The Bertz CT molecular complexity index is 388. The molecule has 0 radical (unpaired) electrons. The maximum Gasteiger partial charge on any atom is 0.212 e. The predicted molar refractivity (Wildman–Crippen MR) is 79.3 cm³/mol. The van der Waals surface area contributed by atoms with Gasteiger partial charge in [-0.1, -0.05) is 6.92 Å². The Morgan fingerprint density at radius 1 is 1.25 bits per heavy atom. The van der Waals surface area contributed by atoms with Gasteiger partial charge >= 0.3 is 0 Å². The number of piperazine rings is 1. The minimum absolute atomic E-state index is 0.0420. The van der Waals surface area contributed by atoms with E-state index in [9.17, 15) is 8.42 Å². The molecule has 20 heavy (non-hydrogen) atoms. The van der Waals surface area contributed by atoms with Crippen LogP contribution in [-0.4, -0.2) is 71.6 Å². The molecule has 2 saturated heterocycles. The minimum atomic E-state index is -3.17. The fraction of sp³-hybridized carbons (Fsp3) is 1.00. The second-order valence-corrected chi connectivity index (χ2v) is 8.08. The second kappa shape index (κ2) is 7.17. The number of nitrogens with one attached hydrogen (secondary N) is 2. The first-order valence-corrected chi connectivity index (χ1v) is 9.13. The highest BCUT2D eigenvalue weighted by atomic mass is 32.2. The Labute approximate surface area is 122 Å². The highest BCUT2D eigenvalue weighted by molar-refractivity contribution is 7.89. The van der Waals surface area contributed by atoms with Gasteiger partial charge in [0.05, 0.1) is 5.75 Å². The molecule has 0 aromatic heterocycles. The molecule has 0 unspecified atom stereocenters. The van der Waals surface area contributed by atoms with Crippen LogP contribution in [0.15, 0.2) is 0 Å². The van der Waals surface area contributed by atoms with Crippen molar-refractivity contribution in [1.82, 2.24) is 14.9 Å². The maximum absolute atomic E-state index is 12.1. The molecule has 2 N–H and O–H groups in total. The average molecular weight is 305 g/mol. The summed E-state index contributed by atoms with van der Waals surface area (Å²) < 4.78 is 32.3. The summed E-state index contributed by atoms with van der Waals surface area (Å²) in [5, 5.41) is 3.27. The van der Waals surface area contributed by atoms with E-state index in [1.165, 1.54) is 0 Å². The van der Waals surface area contributed by atoms with Crippen LogP contribution >= 0.6 is 0 Å². The van der Waals surface area contributed by atoms with Gasteiger partial charge in [-0.3, -0.25) is 4.90 Å².